The Labute approximate surface area is 125 Å². The minimum atomic E-state index is -1.02. The first-order valence-electron chi connectivity index (χ1n) is 4.28. The molecule has 0 fully saturated rings. The SMILES string of the molecule is O=C([O-])C1Cc2ccccc2CN1.[K+]. The number of carboxylic acid groups (broad SMARTS) is 1. The molecule has 68 valence electrons. The average molecular weight is 215 g/mol. The van der Waals surface area contributed by atoms with E-state index < -0.39 is 12.0 Å². The fourth-order valence-electron chi connectivity index (χ4n) is 1.62. The molecule has 0 spiro atoms. The number of nitrogens with one attached hydrogen (secondary N) is 1. The third-order valence-electron chi connectivity index (χ3n) is 2.37. The van der Waals surface area contributed by atoms with Gasteiger partial charge < -0.3 is 15.2 Å². The van der Waals surface area contributed by atoms with Gasteiger partial charge in [0.2, 0.25) is 0 Å². The Bertz CT molecular complexity index is 341. The van der Waals surface area contributed by atoms with Gasteiger partial charge in [-0.05, 0) is 17.5 Å². The van der Waals surface area contributed by atoms with Crippen molar-refractivity contribution in [1.82, 2.24) is 5.32 Å². The molecule has 0 saturated carbocycles. The number of hydrogen-bond acceptors (Lipinski definition) is 3. The van der Waals surface area contributed by atoms with Crippen LogP contribution in [0.5, 0.6) is 0 Å². The van der Waals surface area contributed by atoms with Gasteiger partial charge in [0, 0.05) is 6.54 Å². The summed E-state index contributed by atoms with van der Waals surface area (Å²) in [6.45, 7) is 0.620. The zero-order valence-corrected chi connectivity index (χ0v) is 11.2. The Morgan fingerprint density at radius 3 is 2.64 bits per heavy atom. The Balaban J connectivity index is 0.000000980. The van der Waals surface area contributed by atoms with Gasteiger partial charge in [0.25, 0.3) is 0 Å². The van der Waals surface area contributed by atoms with Crippen LogP contribution in [0.2, 0.25) is 0 Å². The summed E-state index contributed by atoms with van der Waals surface area (Å²) in [6, 6.07) is 7.32. The van der Waals surface area contributed by atoms with Crippen LogP contribution in [0.25, 0.3) is 0 Å². The largest absolute Gasteiger partial charge is 1.00 e. The minimum absolute atomic E-state index is 0. The molecule has 1 aromatic rings. The van der Waals surface area contributed by atoms with Gasteiger partial charge in [-0.1, -0.05) is 24.3 Å². The van der Waals surface area contributed by atoms with E-state index in [1.807, 2.05) is 24.3 Å². The Morgan fingerprint density at radius 1 is 1.36 bits per heavy atom. The van der Waals surface area contributed by atoms with Crippen LogP contribution < -0.4 is 61.8 Å². The van der Waals surface area contributed by atoms with E-state index in [9.17, 15) is 9.90 Å². The van der Waals surface area contributed by atoms with Gasteiger partial charge in [-0.2, -0.15) is 0 Å². The summed E-state index contributed by atoms with van der Waals surface area (Å²) in [4.78, 5) is 10.6. The zero-order valence-electron chi connectivity index (χ0n) is 8.12. The van der Waals surface area contributed by atoms with Crippen LogP contribution in [-0.4, -0.2) is 12.0 Å². The quantitative estimate of drug-likeness (QED) is 0.494. The van der Waals surface area contributed by atoms with E-state index in [-0.39, 0.29) is 51.4 Å². The first kappa shape index (κ1) is 12.4. The van der Waals surface area contributed by atoms with Crippen molar-refractivity contribution >= 4 is 5.97 Å². The number of benzene rings is 1. The van der Waals surface area contributed by atoms with Crippen LogP contribution in [0.1, 0.15) is 11.1 Å². The molecule has 0 radical (unpaired) electrons. The topological polar surface area (TPSA) is 52.2 Å². The number of fused-ring (bicyclic) bond motifs is 1. The van der Waals surface area contributed by atoms with E-state index in [4.69, 9.17) is 0 Å². The van der Waals surface area contributed by atoms with Crippen molar-refractivity contribution < 1.29 is 61.3 Å². The molecule has 1 heterocycles. The van der Waals surface area contributed by atoms with Crippen LogP contribution in [-0.2, 0) is 17.8 Å². The van der Waals surface area contributed by atoms with E-state index in [2.05, 4.69) is 5.32 Å². The molecule has 1 unspecified atom stereocenters. The summed E-state index contributed by atoms with van der Waals surface area (Å²) in [6.07, 6.45) is 0.526. The van der Waals surface area contributed by atoms with Gasteiger partial charge >= 0.3 is 51.4 Å². The summed E-state index contributed by atoms with van der Waals surface area (Å²) < 4.78 is 0. The summed E-state index contributed by atoms with van der Waals surface area (Å²) in [5.74, 6) is -1.02. The second-order valence-corrected chi connectivity index (χ2v) is 3.23. The van der Waals surface area contributed by atoms with Crippen molar-refractivity contribution in [3.8, 4) is 0 Å². The predicted octanol–water partition coefficient (Wildman–Crippen LogP) is -3.55. The second-order valence-electron chi connectivity index (χ2n) is 3.23. The first-order chi connectivity index (χ1) is 6.27. The zero-order chi connectivity index (χ0) is 9.26. The predicted molar refractivity (Wildman–Crippen MR) is 45.8 cm³/mol. The molecular formula is C10H10KNO2. The molecule has 3 nitrogen and oxygen atoms in total. The third kappa shape index (κ3) is 2.65. The normalized spacial score (nSPS) is 19.3. The van der Waals surface area contributed by atoms with E-state index in [0.717, 1.165) is 5.56 Å². The smallest absolute Gasteiger partial charge is 0.548 e. The maximum atomic E-state index is 10.6. The molecule has 0 amide bonds. The molecule has 0 saturated heterocycles. The van der Waals surface area contributed by atoms with E-state index in [1.165, 1.54) is 5.56 Å². The standard InChI is InChI=1S/C10H11NO2.K/c12-10(13)9-5-7-3-1-2-4-8(7)6-11-9;/h1-4,9,11H,5-6H2,(H,12,13);/q;+1/p-1. The Hall–Kier alpha value is 0.286. The molecule has 0 aliphatic carbocycles. The van der Waals surface area contributed by atoms with Crippen molar-refractivity contribution in [2.75, 3.05) is 0 Å². The van der Waals surface area contributed by atoms with Gasteiger partial charge in [-0.15, -0.1) is 0 Å². The van der Waals surface area contributed by atoms with Gasteiger partial charge in [0.1, 0.15) is 0 Å². The van der Waals surface area contributed by atoms with Crippen LogP contribution in [0.4, 0.5) is 0 Å². The number of carbonyl (C=O) groups is 1. The Morgan fingerprint density at radius 2 is 2.00 bits per heavy atom. The van der Waals surface area contributed by atoms with Gasteiger partial charge in [0.05, 0.1) is 12.0 Å². The molecular weight excluding hydrogens is 205 g/mol. The molecule has 1 N–H and O–H groups in total. The molecule has 14 heavy (non-hydrogen) atoms. The fourth-order valence-corrected chi connectivity index (χ4v) is 1.62. The van der Waals surface area contributed by atoms with E-state index in [0.29, 0.717) is 13.0 Å². The van der Waals surface area contributed by atoms with Crippen LogP contribution in [0.15, 0.2) is 24.3 Å². The summed E-state index contributed by atoms with van der Waals surface area (Å²) >= 11 is 0. The average Bonchev–Trinajstić information content (AvgIpc) is 2.17. The van der Waals surface area contributed by atoms with Gasteiger partial charge in [0.15, 0.2) is 0 Å². The fraction of sp³-hybridized carbons (Fsp3) is 0.300. The number of carboxylic acids is 1. The molecule has 1 aliphatic rings. The first-order valence-corrected chi connectivity index (χ1v) is 4.28. The maximum absolute atomic E-state index is 10.6. The van der Waals surface area contributed by atoms with Gasteiger partial charge in [-0.3, -0.25) is 0 Å². The molecule has 0 bridgehead atoms. The number of rotatable bonds is 1. The minimum Gasteiger partial charge on any atom is -0.548 e. The Kier molecular flexibility index (Phi) is 4.76. The monoisotopic (exact) mass is 215 g/mol. The molecule has 2 rings (SSSR count). The third-order valence-corrected chi connectivity index (χ3v) is 2.37. The van der Waals surface area contributed by atoms with E-state index in [1.54, 1.807) is 0 Å². The van der Waals surface area contributed by atoms with Gasteiger partial charge in [-0.25, -0.2) is 0 Å². The number of aliphatic carboxylic acids is 1. The molecule has 1 aromatic carbocycles. The van der Waals surface area contributed by atoms with E-state index >= 15 is 0 Å². The molecule has 1 atom stereocenters. The van der Waals surface area contributed by atoms with Crippen molar-refractivity contribution in [1.29, 1.82) is 0 Å². The van der Waals surface area contributed by atoms with Crippen LogP contribution >= 0.6 is 0 Å². The molecule has 0 aromatic heterocycles. The number of hydrogen-bond donors (Lipinski definition) is 1. The molecule has 1 aliphatic heterocycles. The molecule has 4 heteroatoms. The number of carbonyl (C=O) groups excluding carboxylic acids is 1. The second kappa shape index (κ2) is 5.39. The summed E-state index contributed by atoms with van der Waals surface area (Å²) in [5, 5.41) is 13.5. The van der Waals surface area contributed by atoms with Crippen LogP contribution in [0, 0.1) is 0 Å². The maximum Gasteiger partial charge on any atom is 1.00 e. The summed E-state index contributed by atoms with van der Waals surface area (Å²) in [5.41, 5.74) is 2.29. The van der Waals surface area contributed by atoms with Crippen LogP contribution in [0.3, 0.4) is 0 Å². The van der Waals surface area contributed by atoms with Crippen molar-refractivity contribution in [3.63, 3.8) is 0 Å². The summed E-state index contributed by atoms with van der Waals surface area (Å²) in [7, 11) is 0. The van der Waals surface area contributed by atoms with Crippen molar-refractivity contribution in [2.24, 2.45) is 0 Å². The van der Waals surface area contributed by atoms with Crippen molar-refractivity contribution in [2.45, 2.75) is 19.0 Å². The van der Waals surface area contributed by atoms with Crippen molar-refractivity contribution in [3.05, 3.63) is 35.4 Å².